The molecule has 0 aromatic rings. The highest BCUT2D eigenvalue weighted by molar-refractivity contribution is 5.76. The largest absolute Gasteiger partial charge is 0.481 e. The number of aliphatic carboxylic acids is 1. The molecule has 108 valence electrons. The molecule has 0 spiro atoms. The van der Waals surface area contributed by atoms with Crippen LogP contribution in [0.4, 0.5) is 4.79 Å². The predicted molar refractivity (Wildman–Crippen MR) is 64.5 cm³/mol. The van der Waals surface area contributed by atoms with Gasteiger partial charge in [-0.2, -0.15) is 0 Å². The number of nitrogens with zero attached hydrogens (tertiary/aromatic N) is 1. The molecule has 0 bridgehead atoms. The third kappa shape index (κ3) is 4.42. The molecule has 7 heteroatoms. The quantitative estimate of drug-likeness (QED) is 0.750. The van der Waals surface area contributed by atoms with Crippen molar-refractivity contribution in [2.75, 3.05) is 13.1 Å². The summed E-state index contributed by atoms with van der Waals surface area (Å²) in [5.41, 5.74) is -0.657. The summed E-state index contributed by atoms with van der Waals surface area (Å²) in [6, 6.07) is 0. The maximum atomic E-state index is 11.8. The van der Waals surface area contributed by atoms with Crippen LogP contribution in [-0.4, -0.2) is 52.8 Å². The smallest absolute Gasteiger partial charge is 0.410 e. The van der Waals surface area contributed by atoms with Gasteiger partial charge >= 0.3 is 18.0 Å². The molecule has 1 amide bonds. The molecule has 7 nitrogen and oxygen atoms in total. The molecular formula is C12H19NO6. The number of hydrogen-bond acceptors (Lipinski definition) is 5. The summed E-state index contributed by atoms with van der Waals surface area (Å²) in [7, 11) is 0. The molecule has 1 fully saturated rings. The van der Waals surface area contributed by atoms with Crippen molar-refractivity contribution >= 4 is 18.0 Å². The van der Waals surface area contributed by atoms with Gasteiger partial charge in [0.15, 0.2) is 0 Å². The molecule has 0 saturated carbocycles. The average molecular weight is 273 g/mol. The van der Waals surface area contributed by atoms with Gasteiger partial charge in [-0.3, -0.25) is 9.59 Å². The first-order valence-corrected chi connectivity index (χ1v) is 5.98. The van der Waals surface area contributed by atoms with Gasteiger partial charge in [-0.15, -0.1) is 0 Å². The van der Waals surface area contributed by atoms with Crippen LogP contribution >= 0.6 is 0 Å². The fraction of sp³-hybridized carbons (Fsp3) is 0.750. The fourth-order valence-corrected chi connectivity index (χ4v) is 1.82. The van der Waals surface area contributed by atoms with Crippen molar-refractivity contribution in [3.63, 3.8) is 0 Å². The van der Waals surface area contributed by atoms with Gasteiger partial charge in [-0.1, -0.05) is 0 Å². The van der Waals surface area contributed by atoms with Gasteiger partial charge in [0.1, 0.15) is 17.6 Å². The molecule has 2 atom stereocenters. The van der Waals surface area contributed by atoms with E-state index in [1.54, 1.807) is 20.8 Å². The molecule has 0 unspecified atom stereocenters. The van der Waals surface area contributed by atoms with Crippen molar-refractivity contribution in [2.24, 2.45) is 5.92 Å². The van der Waals surface area contributed by atoms with Crippen molar-refractivity contribution in [2.45, 2.75) is 39.4 Å². The summed E-state index contributed by atoms with van der Waals surface area (Å²) < 4.78 is 10.1. The maximum Gasteiger partial charge on any atom is 0.410 e. The molecule has 0 aromatic carbocycles. The summed E-state index contributed by atoms with van der Waals surface area (Å²) >= 11 is 0. The average Bonchev–Trinajstić information content (AvgIpc) is 2.57. The van der Waals surface area contributed by atoms with Crippen LogP contribution in [-0.2, 0) is 19.1 Å². The number of carbonyl (C=O) groups excluding carboxylic acids is 2. The lowest BCUT2D eigenvalue weighted by Gasteiger charge is -2.24. The van der Waals surface area contributed by atoms with Crippen LogP contribution in [0.3, 0.4) is 0 Å². The predicted octanol–water partition coefficient (Wildman–Crippen LogP) is 0.870. The van der Waals surface area contributed by atoms with Crippen molar-refractivity contribution in [3.05, 3.63) is 0 Å². The van der Waals surface area contributed by atoms with E-state index in [1.165, 1.54) is 11.8 Å². The molecule has 1 N–H and O–H groups in total. The van der Waals surface area contributed by atoms with Gasteiger partial charge in [0.25, 0.3) is 0 Å². The number of ether oxygens (including phenoxy) is 2. The second kappa shape index (κ2) is 5.46. The molecule has 0 aromatic heterocycles. The van der Waals surface area contributed by atoms with Crippen LogP contribution in [0.15, 0.2) is 0 Å². The Labute approximate surface area is 111 Å². The normalized spacial score (nSPS) is 23.1. The second-order valence-corrected chi connectivity index (χ2v) is 5.48. The summed E-state index contributed by atoms with van der Waals surface area (Å²) in [6.07, 6.45) is -1.43. The Morgan fingerprint density at radius 2 is 1.79 bits per heavy atom. The lowest BCUT2D eigenvalue weighted by atomic mass is 10.1. The highest BCUT2D eigenvalue weighted by atomic mass is 16.6. The molecule has 0 aliphatic carbocycles. The summed E-state index contributed by atoms with van der Waals surface area (Å²) in [5, 5.41) is 9.06. The fourth-order valence-electron chi connectivity index (χ4n) is 1.82. The molecule has 1 heterocycles. The standard InChI is InChI=1S/C12H19NO6/c1-7(14)18-9-6-13(5-8(9)10(15)16)11(17)19-12(2,3)4/h8-9H,5-6H2,1-4H3,(H,15,16)/t8-,9+/m0/s1. The van der Waals surface area contributed by atoms with Gasteiger partial charge in [-0.05, 0) is 20.8 Å². The van der Waals surface area contributed by atoms with Crippen molar-refractivity contribution in [1.29, 1.82) is 0 Å². The maximum absolute atomic E-state index is 11.8. The minimum atomic E-state index is -1.10. The number of hydrogen-bond donors (Lipinski definition) is 1. The summed E-state index contributed by atoms with van der Waals surface area (Å²) in [5.74, 6) is -2.59. The number of amides is 1. The number of carboxylic acids is 1. The van der Waals surface area contributed by atoms with Crippen LogP contribution in [0.2, 0.25) is 0 Å². The van der Waals surface area contributed by atoms with Gasteiger partial charge in [-0.25, -0.2) is 4.79 Å². The van der Waals surface area contributed by atoms with E-state index in [2.05, 4.69) is 0 Å². The zero-order valence-electron chi connectivity index (χ0n) is 11.5. The van der Waals surface area contributed by atoms with E-state index in [9.17, 15) is 14.4 Å². The Balaban J connectivity index is 2.72. The van der Waals surface area contributed by atoms with Gasteiger partial charge in [0.05, 0.1) is 6.54 Å². The number of carboxylic acid groups (broad SMARTS) is 1. The van der Waals surface area contributed by atoms with Crippen LogP contribution < -0.4 is 0 Å². The Hall–Kier alpha value is -1.79. The van der Waals surface area contributed by atoms with E-state index in [-0.39, 0.29) is 13.1 Å². The topological polar surface area (TPSA) is 93.1 Å². The summed E-state index contributed by atoms with van der Waals surface area (Å²) in [6.45, 7) is 6.38. The van der Waals surface area contributed by atoms with E-state index < -0.39 is 35.7 Å². The van der Waals surface area contributed by atoms with E-state index in [4.69, 9.17) is 14.6 Å². The first kappa shape index (κ1) is 15.3. The summed E-state index contributed by atoms with van der Waals surface area (Å²) in [4.78, 5) is 35.1. The van der Waals surface area contributed by atoms with Crippen LogP contribution in [0, 0.1) is 5.92 Å². The van der Waals surface area contributed by atoms with E-state index in [1.807, 2.05) is 0 Å². The minimum Gasteiger partial charge on any atom is -0.481 e. The molecule has 19 heavy (non-hydrogen) atoms. The zero-order valence-corrected chi connectivity index (χ0v) is 11.5. The SMILES string of the molecule is CC(=O)O[C@@H]1CN(C(=O)OC(C)(C)C)C[C@@H]1C(=O)O. The number of esters is 1. The van der Waals surface area contributed by atoms with Crippen LogP contribution in [0.5, 0.6) is 0 Å². The molecule has 0 radical (unpaired) electrons. The second-order valence-electron chi connectivity index (χ2n) is 5.48. The monoisotopic (exact) mass is 273 g/mol. The molecule has 1 aliphatic rings. The van der Waals surface area contributed by atoms with E-state index >= 15 is 0 Å². The number of likely N-dealkylation sites (tertiary alicyclic amines) is 1. The molecule has 1 aliphatic heterocycles. The lowest BCUT2D eigenvalue weighted by molar-refractivity contribution is -0.153. The minimum absolute atomic E-state index is 0.0256. The number of rotatable bonds is 2. The van der Waals surface area contributed by atoms with Gasteiger partial charge < -0.3 is 19.5 Å². The van der Waals surface area contributed by atoms with Crippen molar-refractivity contribution < 1.29 is 29.0 Å². The highest BCUT2D eigenvalue weighted by Gasteiger charge is 2.43. The van der Waals surface area contributed by atoms with E-state index in [0.29, 0.717) is 0 Å². The third-order valence-corrected chi connectivity index (χ3v) is 2.55. The lowest BCUT2D eigenvalue weighted by Crippen LogP contribution is -2.36. The Bertz CT molecular complexity index is 386. The molecule has 1 saturated heterocycles. The van der Waals surface area contributed by atoms with Crippen molar-refractivity contribution in [1.82, 2.24) is 4.90 Å². The zero-order chi connectivity index (χ0) is 14.8. The first-order chi connectivity index (χ1) is 8.60. The van der Waals surface area contributed by atoms with Gasteiger partial charge in [0.2, 0.25) is 0 Å². The Morgan fingerprint density at radius 1 is 1.21 bits per heavy atom. The van der Waals surface area contributed by atoms with Crippen LogP contribution in [0.1, 0.15) is 27.7 Å². The molecule has 1 rings (SSSR count). The Kier molecular flexibility index (Phi) is 4.39. The van der Waals surface area contributed by atoms with Gasteiger partial charge in [0, 0.05) is 13.5 Å². The Morgan fingerprint density at radius 3 is 2.21 bits per heavy atom. The highest BCUT2D eigenvalue weighted by Crippen LogP contribution is 2.22. The third-order valence-electron chi connectivity index (χ3n) is 2.55. The number of carbonyl (C=O) groups is 3. The molecular weight excluding hydrogens is 254 g/mol. The van der Waals surface area contributed by atoms with Crippen LogP contribution in [0.25, 0.3) is 0 Å². The first-order valence-electron chi connectivity index (χ1n) is 5.98. The van der Waals surface area contributed by atoms with Crippen molar-refractivity contribution in [3.8, 4) is 0 Å². The van der Waals surface area contributed by atoms with E-state index in [0.717, 1.165) is 0 Å².